The Labute approximate surface area is 166 Å². The quantitative estimate of drug-likeness (QED) is 0.710. The van der Waals surface area contributed by atoms with Crippen LogP contribution in [0, 0.1) is 0 Å². The summed E-state index contributed by atoms with van der Waals surface area (Å²) in [7, 11) is 1.52. The zero-order valence-corrected chi connectivity index (χ0v) is 16.1. The molecule has 0 bridgehead atoms. The first kappa shape index (κ1) is 19.1. The van der Waals surface area contributed by atoms with Gasteiger partial charge in [-0.25, -0.2) is 4.79 Å². The molecule has 2 aromatic rings. The Balaban J connectivity index is 1.98. The Morgan fingerprint density at radius 3 is 2.59 bits per heavy atom. The normalized spacial score (nSPS) is 16.4. The van der Waals surface area contributed by atoms with Gasteiger partial charge in [0.25, 0.3) is 5.91 Å². The van der Waals surface area contributed by atoms with Crippen LogP contribution in [-0.2, 0) is 4.79 Å². The van der Waals surface area contributed by atoms with Crippen molar-refractivity contribution in [2.75, 3.05) is 12.4 Å². The van der Waals surface area contributed by atoms with Crippen molar-refractivity contribution >= 4 is 40.8 Å². The van der Waals surface area contributed by atoms with E-state index in [1.54, 1.807) is 49.4 Å². The lowest BCUT2D eigenvalue weighted by atomic mass is 9.95. The molecule has 0 unspecified atom stereocenters. The number of nitrogens with one attached hydrogen (secondary N) is 3. The number of amides is 3. The van der Waals surface area contributed by atoms with Crippen molar-refractivity contribution in [3.05, 3.63) is 69.3 Å². The third-order valence-corrected chi connectivity index (χ3v) is 4.88. The Morgan fingerprint density at radius 2 is 1.89 bits per heavy atom. The molecule has 0 spiro atoms. The van der Waals surface area contributed by atoms with Crippen LogP contribution in [0.1, 0.15) is 18.5 Å². The van der Waals surface area contributed by atoms with Gasteiger partial charge in [-0.15, -0.1) is 0 Å². The van der Waals surface area contributed by atoms with Gasteiger partial charge in [0.05, 0.1) is 34.5 Å². The van der Waals surface area contributed by atoms with E-state index in [1.165, 1.54) is 7.11 Å². The fraction of sp³-hybridized carbons (Fsp3) is 0.158. The minimum atomic E-state index is -0.678. The van der Waals surface area contributed by atoms with Crippen LogP contribution in [0.2, 0.25) is 10.0 Å². The molecule has 1 aliphatic rings. The summed E-state index contributed by atoms with van der Waals surface area (Å²) in [6.07, 6.45) is 0. The summed E-state index contributed by atoms with van der Waals surface area (Å²) in [6, 6.07) is 11.0. The third-order valence-electron chi connectivity index (χ3n) is 4.15. The molecule has 8 heteroatoms. The van der Waals surface area contributed by atoms with Gasteiger partial charge in [-0.2, -0.15) is 0 Å². The summed E-state index contributed by atoms with van der Waals surface area (Å²) in [5.41, 5.74) is 1.97. The predicted octanol–water partition coefficient (Wildman–Crippen LogP) is 4.27. The molecule has 6 nitrogen and oxygen atoms in total. The third kappa shape index (κ3) is 4.02. The Kier molecular flexibility index (Phi) is 5.58. The number of hydrogen-bond acceptors (Lipinski definition) is 3. The van der Waals surface area contributed by atoms with E-state index in [0.29, 0.717) is 38.3 Å². The second kappa shape index (κ2) is 7.90. The van der Waals surface area contributed by atoms with Crippen LogP contribution in [0.4, 0.5) is 10.5 Å². The highest BCUT2D eigenvalue weighted by atomic mass is 35.5. The molecule has 1 aliphatic heterocycles. The first-order valence-electron chi connectivity index (χ1n) is 8.08. The van der Waals surface area contributed by atoms with Crippen LogP contribution < -0.4 is 20.7 Å². The van der Waals surface area contributed by atoms with Gasteiger partial charge in [0.2, 0.25) is 0 Å². The summed E-state index contributed by atoms with van der Waals surface area (Å²) >= 11 is 12.1. The van der Waals surface area contributed by atoms with Gasteiger partial charge in [0, 0.05) is 5.70 Å². The van der Waals surface area contributed by atoms with Crippen molar-refractivity contribution in [1.82, 2.24) is 10.6 Å². The lowest BCUT2D eigenvalue weighted by Crippen LogP contribution is -2.46. The molecule has 140 valence electrons. The number of ether oxygens (including phenoxy) is 1. The number of hydrogen-bond donors (Lipinski definition) is 3. The fourth-order valence-corrected chi connectivity index (χ4v) is 3.18. The largest absolute Gasteiger partial charge is 0.495 e. The van der Waals surface area contributed by atoms with Crippen LogP contribution in [0.5, 0.6) is 5.75 Å². The lowest BCUT2D eigenvalue weighted by Gasteiger charge is -2.29. The first-order chi connectivity index (χ1) is 12.9. The molecule has 3 N–H and O–H groups in total. The standard InChI is InChI=1S/C19H17Cl2N3O3/c1-10-16(18(25)23-14-5-3-4-6-15(14)27-2)17(24-19(26)22-10)11-7-8-12(20)13(21)9-11/h3-9,17H,1-2H3,(H,23,25)(H2,22,24,26)/t17-/m0/s1. The van der Waals surface area contributed by atoms with Gasteiger partial charge in [-0.3, -0.25) is 4.79 Å². The predicted molar refractivity (Wildman–Crippen MR) is 105 cm³/mol. The van der Waals surface area contributed by atoms with E-state index < -0.39 is 12.1 Å². The maximum absolute atomic E-state index is 13.0. The average molecular weight is 406 g/mol. The fourth-order valence-electron chi connectivity index (χ4n) is 2.87. The molecule has 1 heterocycles. The van der Waals surface area contributed by atoms with Gasteiger partial charge in [0.1, 0.15) is 5.75 Å². The van der Waals surface area contributed by atoms with Gasteiger partial charge in [-0.05, 0) is 36.8 Å². The average Bonchev–Trinajstić information content (AvgIpc) is 2.63. The van der Waals surface area contributed by atoms with Crippen molar-refractivity contribution in [2.45, 2.75) is 13.0 Å². The highest BCUT2D eigenvalue weighted by Crippen LogP contribution is 2.32. The van der Waals surface area contributed by atoms with E-state index in [9.17, 15) is 9.59 Å². The van der Waals surface area contributed by atoms with Crippen molar-refractivity contribution in [3.63, 3.8) is 0 Å². The molecule has 0 aliphatic carbocycles. The molecule has 0 saturated carbocycles. The number of halogens is 2. The van der Waals surface area contributed by atoms with E-state index in [2.05, 4.69) is 16.0 Å². The molecule has 3 rings (SSSR count). The topological polar surface area (TPSA) is 79.5 Å². The lowest BCUT2D eigenvalue weighted by molar-refractivity contribution is -0.113. The van der Waals surface area contributed by atoms with Crippen molar-refractivity contribution in [2.24, 2.45) is 0 Å². The Hall–Kier alpha value is -2.70. The number of carbonyl (C=O) groups is 2. The van der Waals surface area contributed by atoms with E-state index in [4.69, 9.17) is 27.9 Å². The summed E-state index contributed by atoms with van der Waals surface area (Å²) in [4.78, 5) is 25.0. The molecule has 0 saturated heterocycles. The number of allylic oxidation sites excluding steroid dienone is 1. The highest BCUT2D eigenvalue weighted by molar-refractivity contribution is 6.42. The highest BCUT2D eigenvalue weighted by Gasteiger charge is 2.31. The summed E-state index contributed by atoms with van der Waals surface area (Å²) in [5, 5.41) is 8.94. The summed E-state index contributed by atoms with van der Waals surface area (Å²) in [6.45, 7) is 1.67. The zero-order chi connectivity index (χ0) is 19.6. The Bertz CT molecular complexity index is 944. The second-order valence-corrected chi connectivity index (χ2v) is 6.71. The molecular formula is C19H17Cl2N3O3. The monoisotopic (exact) mass is 405 g/mol. The van der Waals surface area contributed by atoms with Crippen molar-refractivity contribution in [1.29, 1.82) is 0 Å². The van der Waals surface area contributed by atoms with Gasteiger partial charge in [-0.1, -0.05) is 41.4 Å². The maximum atomic E-state index is 13.0. The molecule has 1 atom stereocenters. The first-order valence-corrected chi connectivity index (χ1v) is 8.84. The summed E-state index contributed by atoms with van der Waals surface area (Å²) < 4.78 is 5.27. The Morgan fingerprint density at radius 1 is 1.15 bits per heavy atom. The minimum absolute atomic E-state index is 0.337. The van der Waals surface area contributed by atoms with Gasteiger partial charge < -0.3 is 20.7 Å². The maximum Gasteiger partial charge on any atom is 0.319 e. The van der Waals surface area contributed by atoms with E-state index in [0.717, 1.165) is 0 Å². The molecule has 0 radical (unpaired) electrons. The van der Waals surface area contributed by atoms with Crippen molar-refractivity contribution < 1.29 is 14.3 Å². The molecular weight excluding hydrogens is 389 g/mol. The number of anilines is 1. The number of benzene rings is 2. The molecule has 2 aromatic carbocycles. The second-order valence-electron chi connectivity index (χ2n) is 5.90. The molecule has 0 fully saturated rings. The van der Waals surface area contributed by atoms with E-state index in [-0.39, 0.29) is 5.91 Å². The smallest absolute Gasteiger partial charge is 0.319 e. The van der Waals surface area contributed by atoms with Crippen LogP contribution in [0.3, 0.4) is 0 Å². The minimum Gasteiger partial charge on any atom is -0.495 e. The SMILES string of the molecule is COc1ccccc1NC(=O)C1=C(C)NC(=O)N[C@H]1c1ccc(Cl)c(Cl)c1. The number of para-hydroxylation sites is 2. The number of rotatable bonds is 4. The van der Waals surface area contributed by atoms with Crippen molar-refractivity contribution in [3.8, 4) is 5.75 Å². The molecule has 27 heavy (non-hydrogen) atoms. The van der Waals surface area contributed by atoms with E-state index >= 15 is 0 Å². The van der Waals surface area contributed by atoms with Crippen LogP contribution in [-0.4, -0.2) is 19.0 Å². The number of methoxy groups -OCH3 is 1. The van der Waals surface area contributed by atoms with Gasteiger partial charge >= 0.3 is 6.03 Å². The summed E-state index contributed by atoms with van der Waals surface area (Å²) in [5.74, 6) is 0.156. The number of urea groups is 1. The molecule has 0 aromatic heterocycles. The van der Waals surface area contributed by atoms with Crippen LogP contribution >= 0.6 is 23.2 Å². The van der Waals surface area contributed by atoms with Crippen LogP contribution in [0.25, 0.3) is 0 Å². The van der Waals surface area contributed by atoms with E-state index in [1.807, 2.05) is 0 Å². The number of carbonyl (C=O) groups excluding carboxylic acids is 2. The van der Waals surface area contributed by atoms with Crippen LogP contribution in [0.15, 0.2) is 53.7 Å². The zero-order valence-electron chi connectivity index (χ0n) is 14.6. The van der Waals surface area contributed by atoms with Gasteiger partial charge in [0.15, 0.2) is 0 Å². The molecule has 3 amide bonds.